The number of rotatable bonds is 4. The fourth-order valence-electron chi connectivity index (χ4n) is 2.86. The van der Waals surface area contributed by atoms with E-state index in [1.165, 1.54) is 12.1 Å². The molecule has 1 N–H and O–H groups in total. The summed E-state index contributed by atoms with van der Waals surface area (Å²) in [6.45, 7) is 6.03. The van der Waals surface area contributed by atoms with E-state index in [9.17, 15) is 14.7 Å². The minimum Gasteiger partial charge on any atom is -0.504 e. The number of Topliss-reactive ketones (excluding diaryl/α,β-unsaturated/α-hetero) is 1. The number of ether oxygens (including phenoxy) is 1. The summed E-state index contributed by atoms with van der Waals surface area (Å²) < 4.78 is 5.82. The molecule has 0 aromatic heterocycles. The molecule has 1 aliphatic carbocycles. The lowest BCUT2D eigenvalue weighted by molar-refractivity contribution is 0.0993. The lowest BCUT2D eigenvalue weighted by atomic mass is 9.84. The quantitative estimate of drug-likeness (QED) is 0.686. The first kappa shape index (κ1) is 17.4. The van der Waals surface area contributed by atoms with Gasteiger partial charge in [-0.05, 0) is 58.8 Å². The maximum absolute atomic E-state index is 12.8. The van der Waals surface area contributed by atoms with Crippen LogP contribution in [-0.4, -0.2) is 23.3 Å². The van der Waals surface area contributed by atoms with Gasteiger partial charge in [0.2, 0.25) is 5.78 Å². The minimum absolute atomic E-state index is 0.0208. The summed E-state index contributed by atoms with van der Waals surface area (Å²) in [5.41, 5.74) is 2.77. The van der Waals surface area contributed by atoms with E-state index in [0.29, 0.717) is 38.2 Å². The first-order chi connectivity index (χ1) is 12.0. The van der Waals surface area contributed by atoms with Crippen LogP contribution in [0, 0.1) is 0 Å². The van der Waals surface area contributed by atoms with Gasteiger partial charge in [-0.25, -0.2) is 0 Å². The molecule has 0 amide bonds. The van der Waals surface area contributed by atoms with Crippen LogP contribution in [0.5, 0.6) is 11.5 Å². The molecule has 126 valence electrons. The Balaban J connectivity index is 2.32. The molecule has 25 heavy (non-hydrogen) atoms. The third kappa shape index (κ3) is 3.00. The average molecular weight is 446 g/mol. The number of benzene rings is 2. The van der Waals surface area contributed by atoms with Crippen molar-refractivity contribution in [1.29, 1.82) is 0 Å². The zero-order chi connectivity index (χ0) is 18.1. The Kier molecular flexibility index (Phi) is 4.76. The number of allylic oxidation sites excluding steroid dienone is 2. The van der Waals surface area contributed by atoms with Gasteiger partial charge < -0.3 is 9.84 Å². The molecule has 0 saturated carbocycles. The Hall–Kier alpha value is -2.41. The van der Waals surface area contributed by atoms with E-state index in [4.69, 9.17) is 4.74 Å². The fourth-order valence-corrected chi connectivity index (χ4v) is 3.41. The van der Waals surface area contributed by atoms with Crippen LogP contribution < -0.4 is 4.74 Å². The highest BCUT2D eigenvalue weighted by molar-refractivity contribution is 14.1. The normalized spacial score (nSPS) is 13.3. The second kappa shape index (κ2) is 6.84. The van der Waals surface area contributed by atoms with Gasteiger partial charge in [0.25, 0.3) is 0 Å². The van der Waals surface area contributed by atoms with Gasteiger partial charge in [-0.2, -0.15) is 0 Å². The SMILES string of the molecule is C=Cc1ccc2c(c1-c1ccc(O)c(OCC)c1)C(=O)C(I)=CC2=O. The lowest BCUT2D eigenvalue weighted by Crippen LogP contribution is -2.16. The third-order valence-corrected chi connectivity index (χ3v) is 4.77. The number of carbonyl (C=O) groups is 2. The number of hydrogen-bond acceptors (Lipinski definition) is 4. The highest BCUT2D eigenvalue weighted by Crippen LogP contribution is 2.39. The monoisotopic (exact) mass is 446 g/mol. The van der Waals surface area contributed by atoms with Crippen molar-refractivity contribution in [3.63, 3.8) is 0 Å². The number of phenols is 1. The van der Waals surface area contributed by atoms with Crippen molar-refractivity contribution in [2.24, 2.45) is 0 Å². The fraction of sp³-hybridized carbons (Fsp3) is 0.100. The van der Waals surface area contributed by atoms with Crippen molar-refractivity contribution in [3.8, 4) is 22.6 Å². The summed E-state index contributed by atoms with van der Waals surface area (Å²) in [5.74, 6) is -0.0422. The van der Waals surface area contributed by atoms with Gasteiger partial charge in [-0.1, -0.05) is 24.8 Å². The van der Waals surface area contributed by atoms with Crippen molar-refractivity contribution in [3.05, 3.63) is 63.3 Å². The molecule has 0 unspecified atom stereocenters. The van der Waals surface area contributed by atoms with E-state index < -0.39 is 0 Å². The van der Waals surface area contributed by atoms with Crippen LogP contribution in [0.1, 0.15) is 33.2 Å². The standard InChI is InChI=1S/C20H15IO4/c1-3-11-5-7-13-16(23)10-14(21)20(24)19(13)18(11)12-6-8-15(22)17(9-12)25-4-2/h3,5-10,22H,1,4H2,2H3. The zero-order valence-corrected chi connectivity index (χ0v) is 15.7. The van der Waals surface area contributed by atoms with E-state index in [0.717, 1.165) is 5.56 Å². The predicted molar refractivity (Wildman–Crippen MR) is 106 cm³/mol. The smallest absolute Gasteiger partial charge is 0.200 e. The molecule has 0 fully saturated rings. The molecular weight excluding hydrogens is 431 g/mol. The van der Waals surface area contributed by atoms with Crippen molar-refractivity contribution in [1.82, 2.24) is 0 Å². The number of aromatic hydroxyl groups is 1. The summed E-state index contributed by atoms with van der Waals surface area (Å²) in [7, 11) is 0. The molecule has 0 spiro atoms. The van der Waals surface area contributed by atoms with Crippen molar-refractivity contribution in [2.45, 2.75) is 6.92 Å². The van der Waals surface area contributed by atoms with Crippen LogP contribution in [0.4, 0.5) is 0 Å². The number of ketones is 2. The largest absolute Gasteiger partial charge is 0.504 e. The first-order valence-corrected chi connectivity index (χ1v) is 8.77. The summed E-state index contributed by atoms with van der Waals surface area (Å²) in [6, 6.07) is 8.31. The van der Waals surface area contributed by atoms with E-state index >= 15 is 0 Å². The van der Waals surface area contributed by atoms with Crippen molar-refractivity contribution >= 4 is 40.2 Å². The van der Waals surface area contributed by atoms with Gasteiger partial charge in [-0.15, -0.1) is 0 Å². The number of fused-ring (bicyclic) bond motifs is 1. The highest BCUT2D eigenvalue weighted by Gasteiger charge is 2.29. The molecular formula is C20H15IO4. The molecule has 0 atom stereocenters. The van der Waals surface area contributed by atoms with Crippen LogP contribution in [-0.2, 0) is 0 Å². The Morgan fingerprint density at radius 3 is 2.64 bits per heavy atom. The van der Waals surface area contributed by atoms with Gasteiger partial charge >= 0.3 is 0 Å². The van der Waals surface area contributed by atoms with Gasteiger partial charge in [0, 0.05) is 22.8 Å². The molecule has 0 bridgehead atoms. The van der Waals surface area contributed by atoms with Gasteiger partial charge in [0.15, 0.2) is 17.3 Å². The molecule has 0 aliphatic heterocycles. The van der Waals surface area contributed by atoms with Crippen LogP contribution >= 0.6 is 22.6 Å². The minimum atomic E-state index is -0.195. The van der Waals surface area contributed by atoms with E-state index in [1.807, 2.05) is 29.5 Å². The molecule has 2 aromatic rings. The molecule has 2 aromatic carbocycles. The van der Waals surface area contributed by atoms with Crippen molar-refractivity contribution in [2.75, 3.05) is 6.61 Å². The van der Waals surface area contributed by atoms with Gasteiger partial charge in [0.1, 0.15) is 0 Å². The van der Waals surface area contributed by atoms with Crippen LogP contribution in [0.3, 0.4) is 0 Å². The Labute approximate surface area is 159 Å². The Morgan fingerprint density at radius 2 is 1.96 bits per heavy atom. The maximum atomic E-state index is 12.8. The molecule has 3 rings (SSSR count). The maximum Gasteiger partial charge on any atom is 0.200 e. The molecule has 0 saturated heterocycles. The van der Waals surface area contributed by atoms with E-state index in [-0.39, 0.29) is 17.3 Å². The van der Waals surface area contributed by atoms with Crippen LogP contribution in [0.2, 0.25) is 0 Å². The second-order valence-corrected chi connectivity index (χ2v) is 6.62. The first-order valence-electron chi connectivity index (χ1n) is 7.69. The van der Waals surface area contributed by atoms with Crippen molar-refractivity contribution < 1.29 is 19.4 Å². The topological polar surface area (TPSA) is 63.6 Å². The molecule has 4 nitrogen and oxygen atoms in total. The van der Waals surface area contributed by atoms with E-state index in [1.54, 1.807) is 30.3 Å². The van der Waals surface area contributed by atoms with Crippen LogP contribution in [0.25, 0.3) is 17.2 Å². The lowest BCUT2D eigenvalue weighted by Gasteiger charge is -2.19. The Morgan fingerprint density at radius 1 is 1.20 bits per heavy atom. The predicted octanol–water partition coefficient (Wildman–Crippen LogP) is 4.80. The number of halogens is 1. The number of carbonyl (C=O) groups excluding carboxylic acids is 2. The van der Waals surface area contributed by atoms with Gasteiger partial charge in [0.05, 0.1) is 10.2 Å². The molecule has 1 aliphatic rings. The molecule has 5 heteroatoms. The van der Waals surface area contributed by atoms with Gasteiger partial charge in [-0.3, -0.25) is 9.59 Å². The highest BCUT2D eigenvalue weighted by atomic mass is 127. The van der Waals surface area contributed by atoms with Crippen LogP contribution in [0.15, 0.2) is 46.6 Å². The number of hydrogen-bond donors (Lipinski definition) is 1. The molecule has 0 radical (unpaired) electrons. The summed E-state index contributed by atoms with van der Waals surface area (Å²) in [4.78, 5) is 25.1. The summed E-state index contributed by atoms with van der Waals surface area (Å²) in [5, 5.41) is 9.94. The third-order valence-electron chi connectivity index (χ3n) is 3.97. The second-order valence-electron chi connectivity index (χ2n) is 5.46. The van der Waals surface area contributed by atoms with E-state index in [2.05, 4.69) is 6.58 Å². The summed E-state index contributed by atoms with van der Waals surface area (Å²) >= 11 is 1.88. The summed E-state index contributed by atoms with van der Waals surface area (Å²) in [6.07, 6.45) is 3.00. The number of phenolic OH excluding ortho intramolecular Hbond substituents is 1. The zero-order valence-electron chi connectivity index (χ0n) is 13.5. The molecule has 0 heterocycles. The average Bonchev–Trinajstić information content (AvgIpc) is 2.60. The Bertz CT molecular complexity index is 941.